The Balaban J connectivity index is 1.52. The Bertz CT molecular complexity index is 528. The first kappa shape index (κ1) is 16.3. The first-order valence-corrected chi connectivity index (χ1v) is 9.39. The fourth-order valence-electron chi connectivity index (χ4n) is 5.21. The van der Waals surface area contributed by atoms with Crippen molar-refractivity contribution < 1.29 is 14.3 Å². The van der Waals surface area contributed by atoms with Crippen molar-refractivity contribution in [3.63, 3.8) is 0 Å². The van der Waals surface area contributed by atoms with Crippen LogP contribution in [0.2, 0.25) is 0 Å². The van der Waals surface area contributed by atoms with Crippen LogP contribution in [-0.4, -0.2) is 60.1 Å². The quantitative estimate of drug-likeness (QED) is 0.780. The summed E-state index contributed by atoms with van der Waals surface area (Å²) in [5.41, 5.74) is 5.84. The van der Waals surface area contributed by atoms with Crippen molar-refractivity contribution in [2.24, 2.45) is 17.1 Å². The van der Waals surface area contributed by atoms with Crippen molar-refractivity contribution in [1.82, 2.24) is 9.80 Å². The molecule has 0 radical (unpaired) electrons. The molecular weight excluding hydrogens is 306 g/mol. The maximum absolute atomic E-state index is 12.9. The lowest BCUT2D eigenvalue weighted by molar-refractivity contribution is -0.137. The van der Waals surface area contributed by atoms with E-state index in [1.165, 1.54) is 17.7 Å². The molecule has 6 nitrogen and oxygen atoms in total. The van der Waals surface area contributed by atoms with Gasteiger partial charge in [-0.1, -0.05) is 0 Å². The number of amides is 3. The average Bonchev–Trinajstić information content (AvgIpc) is 2.72. The van der Waals surface area contributed by atoms with Gasteiger partial charge in [0.15, 0.2) is 0 Å². The molecule has 3 amide bonds. The number of hydrogen-bond donors (Lipinski definition) is 1. The van der Waals surface area contributed by atoms with E-state index in [0.717, 1.165) is 38.5 Å². The summed E-state index contributed by atoms with van der Waals surface area (Å²) < 4.78 is 5.26. The zero-order valence-corrected chi connectivity index (χ0v) is 14.6. The molecule has 2 N–H and O–H groups in total. The molecular formula is C18H29N3O3. The van der Waals surface area contributed by atoms with E-state index in [0.29, 0.717) is 37.1 Å². The second kappa shape index (κ2) is 5.70. The van der Waals surface area contributed by atoms with Gasteiger partial charge >= 0.3 is 6.03 Å². The van der Waals surface area contributed by atoms with E-state index in [1.54, 1.807) is 7.05 Å². The van der Waals surface area contributed by atoms with E-state index in [4.69, 9.17) is 10.5 Å². The molecule has 134 valence electrons. The maximum Gasteiger partial charge on any atom is 0.327 e. The molecule has 2 saturated carbocycles. The van der Waals surface area contributed by atoms with Crippen LogP contribution in [0.15, 0.2) is 0 Å². The van der Waals surface area contributed by atoms with Crippen molar-refractivity contribution in [2.75, 3.05) is 26.8 Å². The van der Waals surface area contributed by atoms with Crippen LogP contribution < -0.4 is 5.73 Å². The number of rotatable bonds is 2. The number of imide groups is 1. The summed E-state index contributed by atoms with van der Waals surface area (Å²) in [5, 5.41) is 0. The van der Waals surface area contributed by atoms with Crippen LogP contribution in [0.5, 0.6) is 0 Å². The van der Waals surface area contributed by atoms with Gasteiger partial charge in [0.25, 0.3) is 5.91 Å². The largest absolute Gasteiger partial charge is 0.381 e. The van der Waals surface area contributed by atoms with E-state index in [9.17, 15) is 9.59 Å². The van der Waals surface area contributed by atoms with Crippen molar-refractivity contribution in [2.45, 2.75) is 62.9 Å². The average molecular weight is 335 g/mol. The molecule has 0 aromatic carbocycles. The third-order valence-corrected chi connectivity index (χ3v) is 7.11. The summed E-state index contributed by atoms with van der Waals surface area (Å²) in [4.78, 5) is 28.8. The number of likely N-dealkylation sites (N-methyl/N-ethyl adjacent to an activating group) is 1. The molecule has 4 aliphatic rings. The Morgan fingerprint density at radius 2 is 1.71 bits per heavy atom. The summed E-state index contributed by atoms with van der Waals surface area (Å²) >= 11 is 0. The van der Waals surface area contributed by atoms with Gasteiger partial charge in [-0.15, -0.1) is 0 Å². The van der Waals surface area contributed by atoms with Gasteiger partial charge in [0.2, 0.25) is 0 Å². The molecule has 6 heteroatoms. The fraction of sp³-hybridized carbons (Fsp3) is 0.889. The molecule has 2 heterocycles. The van der Waals surface area contributed by atoms with Gasteiger partial charge in [0.1, 0.15) is 5.54 Å². The van der Waals surface area contributed by atoms with Gasteiger partial charge < -0.3 is 15.4 Å². The molecule has 0 atom stereocenters. The Morgan fingerprint density at radius 3 is 2.25 bits per heavy atom. The van der Waals surface area contributed by atoms with Gasteiger partial charge in [-0.05, 0) is 56.8 Å². The first-order chi connectivity index (χ1) is 11.5. The Morgan fingerprint density at radius 1 is 1.08 bits per heavy atom. The molecule has 0 aromatic heterocycles. The lowest BCUT2D eigenvalue weighted by Crippen LogP contribution is -2.56. The Labute approximate surface area is 143 Å². The minimum absolute atomic E-state index is 0.00935. The number of ether oxygens (including phenoxy) is 1. The van der Waals surface area contributed by atoms with E-state index < -0.39 is 5.54 Å². The van der Waals surface area contributed by atoms with Gasteiger partial charge in [-0.3, -0.25) is 9.69 Å². The van der Waals surface area contributed by atoms with Gasteiger partial charge in [0.05, 0.1) is 13.2 Å². The maximum atomic E-state index is 12.9. The first-order valence-electron chi connectivity index (χ1n) is 9.39. The molecule has 2 aliphatic heterocycles. The zero-order chi connectivity index (χ0) is 16.9. The minimum atomic E-state index is -0.591. The molecule has 2 aliphatic carbocycles. The van der Waals surface area contributed by atoms with E-state index >= 15 is 0 Å². The van der Waals surface area contributed by atoms with E-state index in [1.807, 2.05) is 4.90 Å². The summed E-state index contributed by atoms with van der Waals surface area (Å²) in [7, 11) is 1.63. The smallest absolute Gasteiger partial charge is 0.327 e. The number of nitrogens with two attached hydrogens (primary N) is 1. The molecule has 2 saturated heterocycles. The molecule has 2 spiro atoms. The lowest BCUT2D eigenvalue weighted by Gasteiger charge is -2.49. The molecule has 0 bridgehead atoms. The number of nitrogens with zero attached hydrogens (tertiary/aromatic N) is 2. The second-order valence-corrected chi connectivity index (χ2v) is 8.53. The topological polar surface area (TPSA) is 75.9 Å². The zero-order valence-electron chi connectivity index (χ0n) is 14.6. The van der Waals surface area contributed by atoms with Crippen molar-refractivity contribution in [1.29, 1.82) is 0 Å². The van der Waals surface area contributed by atoms with Gasteiger partial charge in [-0.2, -0.15) is 0 Å². The van der Waals surface area contributed by atoms with Crippen LogP contribution in [0.3, 0.4) is 0 Å². The van der Waals surface area contributed by atoms with Crippen molar-refractivity contribution >= 4 is 11.9 Å². The molecule has 4 rings (SSSR count). The predicted octanol–water partition coefficient (Wildman–Crippen LogP) is 1.73. The number of urea groups is 1. The highest BCUT2D eigenvalue weighted by Gasteiger charge is 2.59. The van der Waals surface area contributed by atoms with E-state index in [-0.39, 0.29) is 11.9 Å². The van der Waals surface area contributed by atoms with Crippen LogP contribution in [0.1, 0.15) is 51.4 Å². The fourth-order valence-corrected chi connectivity index (χ4v) is 5.21. The van der Waals surface area contributed by atoms with Crippen LogP contribution in [0, 0.1) is 11.3 Å². The van der Waals surface area contributed by atoms with E-state index in [2.05, 4.69) is 0 Å². The summed E-state index contributed by atoms with van der Waals surface area (Å²) in [6, 6.07) is 0.232. The third-order valence-electron chi connectivity index (χ3n) is 7.11. The van der Waals surface area contributed by atoms with Crippen LogP contribution >= 0.6 is 0 Å². The number of carbonyl (C=O) groups excluding carboxylic acids is 2. The summed E-state index contributed by atoms with van der Waals surface area (Å²) in [6.45, 7) is 2.08. The highest BCUT2D eigenvalue weighted by Crippen LogP contribution is 2.53. The Kier molecular flexibility index (Phi) is 3.88. The molecule has 0 unspecified atom stereocenters. The SMILES string of the molecule is CN1C(=O)N(CC2COC2)C2(CCC3(CCC(N)CC3)CC2)C1=O. The standard InChI is InChI=1S/C18H29N3O3/c1-20-15(22)18(21(16(20)23)10-13-11-24-12-13)8-6-17(7-9-18)4-2-14(19)3-5-17/h13-14H,2-12,19H2,1H3. The second-order valence-electron chi connectivity index (χ2n) is 8.53. The van der Waals surface area contributed by atoms with Crippen LogP contribution in [0.4, 0.5) is 4.79 Å². The molecule has 4 fully saturated rings. The lowest BCUT2D eigenvalue weighted by atomic mass is 9.60. The van der Waals surface area contributed by atoms with Gasteiger partial charge in [0, 0.05) is 25.6 Å². The third kappa shape index (κ3) is 2.37. The van der Waals surface area contributed by atoms with Gasteiger partial charge in [-0.25, -0.2) is 4.79 Å². The number of carbonyl (C=O) groups is 2. The molecule has 24 heavy (non-hydrogen) atoms. The van der Waals surface area contributed by atoms with Crippen molar-refractivity contribution in [3.8, 4) is 0 Å². The number of hydrogen-bond acceptors (Lipinski definition) is 4. The predicted molar refractivity (Wildman–Crippen MR) is 89.3 cm³/mol. The molecule has 0 aromatic rings. The van der Waals surface area contributed by atoms with Crippen molar-refractivity contribution in [3.05, 3.63) is 0 Å². The monoisotopic (exact) mass is 335 g/mol. The minimum Gasteiger partial charge on any atom is -0.381 e. The summed E-state index contributed by atoms with van der Waals surface area (Å²) in [5.74, 6) is 0.392. The van der Waals surface area contributed by atoms with Crippen LogP contribution in [0.25, 0.3) is 0 Å². The highest BCUT2D eigenvalue weighted by molar-refractivity contribution is 6.06. The van der Waals surface area contributed by atoms with Crippen LogP contribution in [-0.2, 0) is 9.53 Å². The Hall–Kier alpha value is -1.14. The highest BCUT2D eigenvalue weighted by atomic mass is 16.5. The summed E-state index contributed by atoms with van der Waals surface area (Å²) in [6.07, 6.45) is 8.27. The normalized spacial score (nSPS) is 40.7.